The number of halogens is 3. The largest absolute Gasteiger partial charge is 0.497 e. The van der Waals surface area contributed by atoms with E-state index < -0.39 is 17.7 Å². The third kappa shape index (κ3) is 3.90. The summed E-state index contributed by atoms with van der Waals surface area (Å²) in [6, 6.07) is 8.57. The van der Waals surface area contributed by atoms with Crippen molar-refractivity contribution in [3.05, 3.63) is 58.8 Å². The van der Waals surface area contributed by atoms with Gasteiger partial charge in [-0.2, -0.15) is 13.2 Å². The Hall–Kier alpha value is -3.09. The Kier molecular flexibility index (Phi) is 5.50. The molecule has 2 aromatic carbocycles. The van der Waals surface area contributed by atoms with Gasteiger partial charge in [0.1, 0.15) is 5.75 Å². The number of pyridine rings is 1. The minimum absolute atomic E-state index is 0.134. The highest BCUT2D eigenvalue weighted by atomic mass is 19.4. The summed E-state index contributed by atoms with van der Waals surface area (Å²) in [5.41, 5.74) is 1.53. The van der Waals surface area contributed by atoms with E-state index in [2.05, 4.69) is 4.98 Å². The fraction of sp³-hybridized carbons (Fsp3) is 0.273. The average molecular weight is 403 g/mol. The van der Waals surface area contributed by atoms with E-state index in [1.54, 1.807) is 39.0 Å². The van der Waals surface area contributed by atoms with Crippen LogP contribution in [-0.4, -0.2) is 24.7 Å². The van der Waals surface area contributed by atoms with Crippen molar-refractivity contribution in [1.29, 1.82) is 0 Å². The third-order valence-electron chi connectivity index (χ3n) is 4.69. The van der Waals surface area contributed by atoms with E-state index in [9.17, 15) is 18.0 Å². The molecule has 3 rings (SSSR count). The molecular formula is C22H20F3NO3. The number of methoxy groups -OCH3 is 1. The highest BCUT2D eigenvalue weighted by Gasteiger charge is 2.32. The minimum atomic E-state index is -4.51. The maximum atomic E-state index is 13.4. The number of alkyl halides is 3. The lowest BCUT2D eigenvalue weighted by Crippen LogP contribution is -2.12. The van der Waals surface area contributed by atoms with E-state index in [4.69, 9.17) is 9.47 Å². The Morgan fingerprint density at radius 2 is 1.83 bits per heavy atom. The molecule has 152 valence electrons. The summed E-state index contributed by atoms with van der Waals surface area (Å²) >= 11 is 0. The normalized spacial score (nSPS) is 11.6. The molecule has 1 aromatic heterocycles. The number of aryl methyl sites for hydroxylation is 2. The maximum absolute atomic E-state index is 13.4. The number of carbonyl (C=O) groups excluding carboxylic acids is 1. The van der Waals surface area contributed by atoms with Crippen molar-refractivity contribution in [2.75, 3.05) is 13.7 Å². The fourth-order valence-corrected chi connectivity index (χ4v) is 3.29. The van der Waals surface area contributed by atoms with Crippen LogP contribution in [0.3, 0.4) is 0 Å². The van der Waals surface area contributed by atoms with Crippen LogP contribution in [0.1, 0.15) is 34.1 Å². The molecule has 0 aliphatic carbocycles. The van der Waals surface area contributed by atoms with Crippen LogP contribution in [0, 0.1) is 13.8 Å². The van der Waals surface area contributed by atoms with Crippen molar-refractivity contribution >= 4 is 16.9 Å². The molecule has 0 N–H and O–H groups in total. The average Bonchev–Trinajstić information content (AvgIpc) is 2.66. The molecule has 29 heavy (non-hydrogen) atoms. The number of aromatic nitrogens is 1. The molecule has 7 heteroatoms. The molecule has 3 aromatic rings. The first-order valence-electron chi connectivity index (χ1n) is 9.01. The van der Waals surface area contributed by atoms with Gasteiger partial charge in [-0.25, -0.2) is 4.79 Å². The van der Waals surface area contributed by atoms with E-state index >= 15 is 0 Å². The van der Waals surface area contributed by atoms with Gasteiger partial charge in [0, 0.05) is 10.9 Å². The lowest BCUT2D eigenvalue weighted by molar-refractivity contribution is -0.137. The van der Waals surface area contributed by atoms with Crippen LogP contribution in [0.15, 0.2) is 36.4 Å². The van der Waals surface area contributed by atoms with Gasteiger partial charge in [0.25, 0.3) is 0 Å². The van der Waals surface area contributed by atoms with Gasteiger partial charge in [0.05, 0.1) is 36.1 Å². The molecule has 0 bridgehead atoms. The van der Waals surface area contributed by atoms with E-state index in [-0.39, 0.29) is 12.2 Å². The summed E-state index contributed by atoms with van der Waals surface area (Å²) < 4.78 is 50.6. The Balaban J connectivity index is 2.46. The van der Waals surface area contributed by atoms with Gasteiger partial charge in [-0.05, 0) is 62.2 Å². The van der Waals surface area contributed by atoms with Crippen molar-refractivity contribution in [1.82, 2.24) is 4.98 Å². The number of ether oxygens (including phenoxy) is 2. The van der Waals surface area contributed by atoms with Gasteiger partial charge in [-0.15, -0.1) is 0 Å². The SMILES string of the molecule is CCOC(=O)c1c(C)nc2ccc(OC)cc2c1-c1cc(C(F)(F)F)ccc1C. The van der Waals surface area contributed by atoms with E-state index in [1.807, 2.05) is 0 Å². The molecule has 0 atom stereocenters. The molecule has 0 spiro atoms. The van der Waals surface area contributed by atoms with Crippen molar-refractivity contribution in [2.24, 2.45) is 0 Å². The number of carbonyl (C=O) groups is 1. The van der Waals surface area contributed by atoms with Crippen molar-refractivity contribution in [2.45, 2.75) is 26.9 Å². The first kappa shape index (κ1) is 20.6. The van der Waals surface area contributed by atoms with Gasteiger partial charge >= 0.3 is 12.1 Å². The molecule has 1 heterocycles. The molecule has 0 aliphatic heterocycles. The second kappa shape index (κ2) is 7.73. The zero-order chi connectivity index (χ0) is 21.3. The van der Waals surface area contributed by atoms with Crippen LogP contribution >= 0.6 is 0 Å². The van der Waals surface area contributed by atoms with Crippen LogP contribution in [0.4, 0.5) is 13.2 Å². The van der Waals surface area contributed by atoms with E-state index in [1.165, 1.54) is 13.2 Å². The Labute approximate surface area is 166 Å². The summed E-state index contributed by atoms with van der Waals surface area (Å²) in [4.78, 5) is 17.2. The van der Waals surface area contributed by atoms with Gasteiger partial charge < -0.3 is 9.47 Å². The van der Waals surface area contributed by atoms with E-state index in [0.717, 1.165) is 12.1 Å². The molecular weight excluding hydrogens is 383 g/mol. The lowest BCUT2D eigenvalue weighted by atomic mass is 9.90. The van der Waals surface area contributed by atoms with Gasteiger partial charge in [-0.3, -0.25) is 4.98 Å². The number of rotatable bonds is 4. The van der Waals surface area contributed by atoms with E-state index in [0.29, 0.717) is 39.0 Å². The Morgan fingerprint density at radius 1 is 1.10 bits per heavy atom. The molecule has 0 aliphatic rings. The Morgan fingerprint density at radius 3 is 2.45 bits per heavy atom. The van der Waals surface area contributed by atoms with Crippen molar-refractivity contribution in [3.63, 3.8) is 0 Å². The predicted octanol–water partition coefficient (Wildman–Crippen LogP) is 5.72. The highest BCUT2D eigenvalue weighted by molar-refractivity contribution is 6.08. The maximum Gasteiger partial charge on any atom is 0.416 e. The zero-order valence-corrected chi connectivity index (χ0v) is 16.5. The molecule has 0 amide bonds. The van der Waals surface area contributed by atoms with Crippen LogP contribution in [0.2, 0.25) is 0 Å². The second-order valence-electron chi connectivity index (χ2n) is 6.58. The number of fused-ring (bicyclic) bond motifs is 1. The quantitative estimate of drug-likeness (QED) is 0.523. The fourth-order valence-electron chi connectivity index (χ4n) is 3.29. The van der Waals surface area contributed by atoms with Crippen LogP contribution in [-0.2, 0) is 10.9 Å². The van der Waals surface area contributed by atoms with Gasteiger partial charge in [0.15, 0.2) is 0 Å². The molecule has 0 radical (unpaired) electrons. The Bertz CT molecular complexity index is 1090. The molecule has 0 saturated carbocycles. The van der Waals surface area contributed by atoms with Crippen LogP contribution in [0.25, 0.3) is 22.0 Å². The molecule has 4 nitrogen and oxygen atoms in total. The summed E-state index contributed by atoms with van der Waals surface area (Å²) in [5.74, 6) is -0.127. The van der Waals surface area contributed by atoms with Gasteiger partial charge in [0.2, 0.25) is 0 Å². The number of benzene rings is 2. The smallest absolute Gasteiger partial charge is 0.416 e. The second-order valence-corrected chi connectivity index (χ2v) is 6.58. The zero-order valence-electron chi connectivity index (χ0n) is 16.5. The summed E-state index contributed by atoms with van der Waals surface area (Å²) in [6.45, 7) is 5.14. The topological polar surface area (TPSA) is 48.4 Å². The number of nitrogens with zero attached hydrogens (tertiary/aromatic N) is 1. The predicted molar refractivity (Wildman–Crippen MR) is 104 cm³/mol. The van der Waals surface area contributed by atoms with Crippen LogP contribution in [0.5, 0.6) is 5.75 Å². The highest BCUT2D eigenvalue weighted by Crippen LogP contribution is 2.40. The third-order valence-corrected chi connectivity index (χ3v) is 4.69. The van der Waals surface area contributed by atoms with Crippen molar-refractivity contribution < 1.29 is 27.4 Å². The monoisotopic (exact) mass is 403 g/mol. The first-order chi connectivity index (χ1) is 13.7. The molecule has 0 saturated heterocycles. The summed E-state index contributed by atoms with van der Waals surface area (Å²) in [5, 5.41) is 0.514. The van der Waals surface area contributed by atoms with Crippen LogP contribution < -0.4 is 4.74 Å². The van der Waals surface area contributed by atoms with Crippen molar-refractivity contribution in [3.8, 4) is 16.9 Å². The molecule has 0 unspecified atom stereocenters. The summed E-state index contributed by atoms with van der Waals surface area (Å²) in [7, 11) is 1.49. The summed E-state index contributed by atoms with van der Waals surface area (Å²) in [6.07, 6.45) is -4.51. The minimum Gasteiger partial charge on any atom is -0.497 e. The van der Waals surface area contributed by atoms with Gasteiger partial charge in [-0.1, -0.05) is 6.07 Å². The molecule has 0 fully saturated rings. The number of esters is 1. The standard InChI is InChI=1S/C22H20F3NO3/c1-5-29-21(27)19-13(3)26-18-9-8-15(28-4)11-17(18)20(19)16-10-14(22(23,24)25)7-6-12(16)2/h6-11H,5H2,1-4H3. The first-order valence-corrected chi connectivity index (χ1v) is 9.01. The number of hydrogen-bond acceptors (Lipinski definition) is 4. The number of hydrogen-bond donors (Lipinski definition) is 0. The lowest BCUT2D eigenvalue weighted by Gasteiger charge is -2.18.